The van der Waals surface area contributed by atoms with Crippen molar-refractivity contribution in [3.63, 3.8) is 0 Å². The molecule has 0 aliphatic rings. The zero-order valence-corrected chi connectivity index (χ0v) is 21.2. The van der Waals surface area contributed by atoms with Gasteiger partial charge >= 0.3 is 5.97 Å². The number of methoxy groups -OCH3 is 1. The quantitative estimate of drug-likeness (QED) is 0.287. The van der Waals surface area contributed by atoms with Gasteiger partial charge in [-0.05, 0) is 64.1 Å². The van der Waals surface area contributed by atoms with Crippen molar-refractivity contribution >= 4 is 28.5 Å². The van der Waals surface area contributed by atoms with Gasteiger partial charge in [0.2, 0.25) is 0 Å². The molecule has 2 N–H and O–H groups in total. The normalized spacial score (nSPS) is 11.6. The van der Waals surface area contributed by atoms with E-state index < -0.39 is 0 Å². The zero-order valence-electron chi connectivity index (χ0n) is 20.5. The number of hydrogen-bond acceptors (Lipinski definition) is 5. The molecular formula is C29H30ClNO4. The number of furan rings is 1. The summed E-state index contributed by atoms with van der Waals surface area (Å²) in [7, 11) is 1.37. The molecule has 0 amide bonds. The highest BCUT2D eigenvalue weighted by Crippen LogP contribution is 2.36. The summed E-state index contributed by atoms with van der Waals surface area (Å²) >= 11 is 6.57. The van der Waals surface area contributed by atoms with Gasteiger partial charge in [-0.2, -0.15) is 0 Å². The van der Waals surface area contributed by atoms with Gasteiger partial charge in [-0.15, -0.1) is 0 Å². The van der Waals surface area contributed by atoms with E-state index in [1.807, 2.05) is 30.3 Å². The Bertz CT molecular complexity index is 1370. The van der Waals surface area contributed by atoms with Crippen LogP contribution >= 0.6 is 11.6 Å². The van der Waals surface area contributed by atoms with Crippen molar-refractivity contribution in [2.24, 2.45) is 5.73 Å². The van der Waals surface area contributed by atoms with E-state index >= 15 is 0 Å². The number of benzene rings is 3. The smallest absolute Gasteiger partial charge is 0.310 e. The molecular weight excluding hydrogens is 462 g/mol. The second-order valence-electron chi connectivity index (χ2n) is 9.62. The molecule has 0 bridgehead atoms. The van der Waals surface area contributed by atoms with Gasteiger partial charge in [-0.25, -0.2) is 0 Å². The highest BCUT2D eigenvalue weighted by Gasteiger charge is 2.22. The number of halogens is 1. The van der Waals surface area contributed by atoms with E-state index in [0.717, 1.165) is 38.8 Å². The molecule has 0 saturated carbocycles. The molecule has 0 spiro atoms. The Morgan fingerprint density at radius 3 is 2.57 bits per heavy atom. The molecule has 35 heavy (non-hydrogen) atoms. The lowest BCUT2D eigenvalue weighted by molar-refractivity contribution is -0.139. The van der Waals surface area contributed by atoms with Crippen molar-refractivity contribution in [2.45, 2.75) is 45.8 Å². The van der Waals surface area contributed by atoms with Crippen molar-refractivity contribution < 1.29 is 18.7 Å². The number of fused-ring (bicyclic) bond motifs is 1. The third kappa shape index (κ3) is 5.53. The van der Waals surface area contributed by atoms with Gasteiger partial charge in [0, 0.05) is 28.1 Å². The average molecular weight is 492 g/mol. The van der Waals surface area contributed by atoms with Crippen LogP contribution in [0.1, 0.15) is 43.0 Å². The number of carbonyl (C=O) groups is 1. The average Bonchev–Trinajstić information content (AvgIpc) is 3.30. The predicted octanol–water partition coefficient (Wildman–Crippen LogP) is 6.80. The van der Waals surface area contributed by atoms with Crippen LogP contribution in [0.25, 0.3) is 22.1 Å². The highest BCUT2D eigenvalue weighted by atomic mass is 35.5. The molecule has 6 heteroatoms. The van der Waals surface area contributed by atoms with Gasteiger partial charge in [0.25, 0.3) is 0 Å². The minimum absolute atomic E-state index is 0.0773. The Morgan fingerprint density at radius 1 is 1.06 bits per heavy atom. The van der Waals surface area contributed by atoms with Crippen LogP contribution in [0.5, 0.6) is 5.75 Å². The molecule has 1 aromatic heterocycles. The van der Waals surface area contributed by atoms with Crippen LogP contribution in [-0.4, -0.2) is 13.1 Å². The fourth-order valence-electron chi connectivity index (χ4n) is 4.14. The van der Waals surface area contributed by atoms with E-state index in [9.17, 15) is 4.79 Å². The number of nitrogens with two attached hydrogens (primary N) is 1. The molecule has 3 aromatic carbocycles. The van der Waals surface area contributed by atoms with E-state index in [-0.39, 0.29) is 17.8 Å². The predicted molar refractivity (Wildman–Crippen MR) is 140 cm³/mol. The molecule has 0 fully saturated rings. The first kappa shape index (κ1) is 24.8. The molecule has 4 rings (SSSR count). The molecule has 0 saturated heterocycles. The van der Waals surface area contributed by atoms with E-state index in [0.29, 0.717) is 29.5 Å². The van der Waals surface area contributed by atoms with Crippen LogP contribution in [0.15, 0.2) is 65.3 Å². The van der Waals surface area contributed by atoms with Gasteiger partial charge < -0.3 is 19.6 Å². The van der Waals surface area contributed by atoms with Gasteiger partial charge in [0.05, 0.1) is 19.8 Å². The summed E-state index contributed by atoms with van der Waals surface area (Å²) in [6, 6.07) is 17.9. The van der Waals surface area contributed by atoms with Crippen molar-refractivity contribution in [1.29, 1.82) is 0 Å². The third-order valence-corrected chi connectivity index (χ3v) is 6.31. The zero-order chi connectivity index (χ0) is 25.2. The summed E-state index contributed by atoms with van der Waals surface area (Å²) < 4.78 is 17.0. The SMILES string of the molecule is COC(=O)Cc1cc(Cl)c(C(C)(C)C)cc1OCc1cc(-c2cccc(CN)c2)c2occc2c1. The molecule has 4 aromatic rings. The van der Waals surface area contributed by atoms with Gasteiger partial charge in [0.15, 0.2) is 0 Å². The van der Waals surface area contributed by atoms with Crippen molar-refractivity contribution in [3.8, 4) is 16.9 Å². The number of carbonyl (C=O) groups excluding carboxylic acids is 1. The lowest BCUT2D eigenvalue weighted by Gasteiger charge is -2.23. The van der Waals surface area contributed by atoms with Gasteiger partial charge in [0.1, 0.15) is 17.9 Å². The topological polar surface area (TPSA) is 74.7 Å². The Balaban J connectivity index is 1.71. The maximum absolute atomic E-state index is 12.0. The van der Waals surface area contributed by atoms with Gasteiger partial charge in [-0.1, -0.05) is 50.6 Å². The van der Waals surface area contributed by atoms with E-state index in [4.69, 9.17) is 31.2 Å². The Hall–Kier alpha value is -3.28. The first-order valence-electron chi connectivity index (χ1n) is 11.5. The number of rotatable bonds is 7. The second-order valence-corrected chi connectivity index (χ2v) is 10.0. The Morgan fingerprint density at radius 2 is 1.86 bits per heavy atom. The number of ether oxygens (including phenoxy) is 2. The molecule has 0 radical (unpaired) electrons. The number of esters is 1. The van der Waals surface area contributed by atoms with E-state index in [1.54, 1.807) is 12.3 Å². The molecule has 0 aliphatic carbocycles. The lowest BCUT2D eigenvalue weighted by Crippen LogP contribution is -2.14. The van der Waals surface area contributed by atoms with Crippen LogP contribution in [0.4, 0.5) is 0 Å². The Labute approximate surface area is 210 Å². The van der Waals surface area contributed by atoms with Crippen LogP contribution in [-0.2, 0) is 34.5 Å². The van der Waals surface area contributed by atoms with Crippen LogP contribution < -0.4 is 10.5 Å². The van der Waals surface area contributed by atoms with E-state index in [2.05, 4.69) is 39.0 Å². The summed E-state index contributed by atoms with van der Waals surface area (Å²) in [5, 5.41) is 1.59. The maximum atomic E-state index is 12.0. The summed E-state index contributed by atoms with van der Waals surface area (Å²) in [5.74, 6) is 0.264. The molecule has 0 unspecified atom stereocenters. The minimum Gasteiger partial charge on any atom is -0.489 e. The molecule has 5 nitrogen and oxygen atoms in total. The summed E-state index contributed by atoms with van der Waals surface area (Å²) in [6.07, 6.45) is 1.77. The fourth-order valence-corrected chi connectivity index (χ4v) is 4.61. The van der Waals surface area contributed by atoms with Crippen molar-refractivity contribution in [2.75, 3.05) is 7.11 Å². The minimum atomic E-state index is -0.351. The van der Waals surface area contributed by atoms with Crippen molar-refractivity contribution in [1.82, 2.24) is 0 Å². The Kier molecular flexibility index (Phi) is 7.20. The van der Waals surface area contributed by atoms with Crippen LogP contribution in [0.3, 0.4) is 0 Å². The first-order valence-corrected chi connectivity index (χ1v) is 11.9. The summed E-state index contributed by atoms with van der Waals surface area (Å²) in [6.45, 7) is 7.04. The maximum Gasteiger partial charge on any atom is 0.310 e. The summed E-state index contributed by atoms with van der Waals surface area (Å²) in [5.41, 5.74) is 12.2. The largest absolute Gasteiger partial charge is 0.489 e. The van der Waals surface area contributed by atoms with Crippen LogP contribution in [0.2, 0.25) is 5.02 Å². The third-order valence-electron chi connectivity index (χ3n) is 6.00. The molecule has 0 aliphatic heterocycles. The number of hydrogen-bond donors (Lipinski definition) is 1. The molecule has 1 heterocycles. The highest BCUT2D eigenvalue weighted by molar-refractivity contribution is 6.31. The molecule has 182 valence electrons. The summed E-state index contributed by atoms with van der Waals surface area (Å²) in [4.78, 5) is 12.0. The molecule has 0 atom stereocenters. The monoisotopic (exact) mass is 491 g/mol. The fraction of sp³-hybridized carbons (Fsp3) is 0.276. The first-order chi connectivity index (χ1) is 16.7. The van der Waals surface area contributed by atoms with Gasteiger partial charge in [-0.3, -0.25) is 4.79 Å². The van der Waals surface area contributed by atoms with Crippen LogP contribution in [0, 0.1) is 0 Å². The second kappa shape index (κ2) is 10.1. The van der Waals surface area contributed by atoms with E-state index in [1.165, 1.54) is 7.11 Å². The van der Waals surface area contributed by atoms with Crippen molar-refractivity contribution in [3.05, 3.63) is 88.1 Å². The standard InChI is InChI=1S/C29H30ClNO4/c1-29(2,3)24-15-26(22(13-25(24)30)14-27(32)33-4)35-17-19-11-21-8-9-34-28(21)23(12-19)20-7-5-6-18(10-20)16-31/h5-13,15H,14,16-17,31H2,1-4H3. The lowest BCUT2D eigenvalue weighted by atomic mass is 9.86.